The lowest BCUT2D eigenvalue weighted by Gasteiger charge is -2.41. The molecule has 0 bridgehead atoms. The maximum absolute atomic E-state index is 13.5. The van der Waals surface area contributed by atoms with E-state index in [0.717, 1.165) is 11.0 Å². The number of alkyl halides is 2. The summed E-state index contributed by atoms with van der Waals surface area (Å²) in [5.74, 6) is -0.226. The first kappa shape index (κ1) is 19.2. The lowest BCUT2D eigenvalue weighted by molar-refractivity contribution is -0.151. The standard InChI is InChI=1S/C18H17ClF2N4O2/c1-2-16(26)25-14(8-27-9-15(25)17(20)21)10-3-11(5-12(19)4-10)18-23-6-13(22)7-24-18/h2-7,14-15,17H,1,8-9,22H2/t14-,15-/m0/s1. The molecule has 0 radical (unpaired) electrons. The summed E-state index contributed by atoms with van der Waals surface area (Å²) in [4.78, 5) is 21.7. The van der Waals surface area contributed by atoms with Gasteiger partial charge in [-0.25, -0.2) is 18.7 Å². The summed E-state index contributed by atoms with van der Waals surface area (Å²) in [7, 11) is 0. The van der Waals surface area contributed by atoms with Crippen molar-refractivity contribution in [3.8, 4) is 11.4 Å². The van der Waals surface area contributed by atoms with Gasteiger partial charge in [0.05, 0.1) is 37.3 Å². The Labute approximate surface area is 159 Å². The molecule has 142 valence electrons. The zero-order valence-electron chi connectivity index (χ0n) is 14.2. The van der Waals surface area contributed by atoms with Crippen molar-refractivity contribution in [3.05, 3.63) is 53.8 Å². The third-order valence-electron chi connectivity index (χ3n) is 4.21. The zero-order chi connectivity index (χ0) is 19.6. The number of carbonyl (C=O) groups excluding carboxylic acids is 1. The van der Waals surface area contributed by atoms with Gasteiger partial charge in [-0.1, -0.05) is 18.2 Å². The SMILES string of the molecule is C=CC(=O)N1[C@H](c2cc(Cl)cc(-c3ncc(N)cn3)c2)COC[C@H]1C(F)F. The molecule has 0 saturated carbocycles. The Morgan fingerprint density at radius 2 is 2.04 bits per heavy atom. The molecule has 1 amide bonds. The first-order valence-corrected chi connectivity index (χ1v) is 8.47. The number of carbonyl (C=O) groups is 1. The minimum Gasteiger partial charge on any atom is -0.396 e. The molecule has 9 heteroatoms. The molecule has 2 aromatic rings. The highest BCUT2D eigenvalue weighted by atomic mass is 35.5. The number of rotatable bonds is 4. The van der Waals surface area contributed by atoms with Crippen molar-refractivity contribution in [1.29, 1.82) is 0 Å². The monoisotopic (exact) mass is 394 g/mol. The highest BCUT2D eigenvalue weighted by Crippen LogP contribution is 2.34. The number of morpholine rings is 1. The van der Waals surface area contributed by atoms with Crippen molar-refractivity contribution >= 4 is 23.2 Å². The van der Waals surface area contributed by atoms with Crippen LogP contribution in [0.25, 0.3) is 11.4 Å². The number of amides is 1. The van der Waals surface area contributed by atoms with E-state index in [1.165, 1.54) is 12.4 Å². The summed E-state index contributed by atoms with van der Waals surface area (Å²) in [6.45, 7) is 3.23. The van der Waals surface area contributed by atoms with Crippen molar-refractivity contribution in [2.24, 2.45) is 0 Å². The number of ether oxygens (including phenoxy) is 1. The average Bonchev–Trinajstić information content (AvgIpc) is 2.66. The van der Waals surface area contributed by atoms with Gasteiger partial charge in [-0.2, -0.15) is 0 Å². The molecular weight excluding hydrogens is 378 g/mol. The van der Waals surface area contributed by atoms with Gasteiger partial charge in [-0.3, -0.25) is 4.79 Å². The minimum absolute atomic E-state index is 0.0607. The predicted molar refractivity (Wildman–Crippen MR) is 97.3 cm³/mol. The topological polar surface area (TPSA) is 81.3 Å². The van der Waals surface area contributed by atoms with Gasteiger partial charge in [0.1, 0.15) is 6.04 Å². The van der Waals surface area contributed by atoms with Gasteiger partial charge in [0.15, 0.2) is 5.82 Å². The third-order valence-corrected chi connectivity index (χ3v) is 4.43. The predicted octanol–water partition coefficient (Wildman–Crippen LogP) is 3.10. The number of nitrogens with zero attached hydrogens (tertiary/aromatic N) is 3. The number of nitrogen functional groups attached to an aromatic ring is 1. The number of hydrogen-bond acceptors (Lipinski definition) is 5. The Morgan fingerprint density at radius 3 is 2.67 bits per heavy atom. The number of nitrogens with two attached hydrogens (primary N) is 1. The van der Waals surface area contributed by atoms with Gasteiger partial charge < -0.3 is 15.4 Å². The summed E-state index contributed by atoms with van der Waals surface area (Å²) >= 11 is 6.22. The highest BCUT2D eigenvalue weighted by Gasteiger charge is 2.39. The van der Waals surface area contributed by atoms with E-state index in [9.17, 15) is 13.6 Å². The molecule has 2 heterocycles. The Kier molecular flexibility index (Phi) is 5.67. The summed E-state index contributed by atoms with van der Waals surface area (Å²) in [5, 5.41) is 0.355. The van der Waals surface area contributed by atoms with Crippen LogP contribution in [-0.4, -0.2) is 46.5 Å². The van der Waals surface area contributed by atoms with Crippen LogP contribution in [0.15, 0.2) is 43.2 Å². The van der Waals surface area contributed by atoms with E-state index in [-0.39, 0.29) is 13.2 Å². The van der Waals surface area contributed by atoms with Crippen molar-refractivity contribution in [2.45, 2.75) is 18.5 Å². The van der Waals surface area contributed by atoms with Crippen LogP contribution in [0.2, 0.25) is 5.02 Å². The van der Waals surface area contributed by atoms with Gasteiger partial charge in [-0.05, 0) is 29.8 Å². The van der Waals surface area contributed by atoms with Crippen molar-refractivity contribution in [2.75, 3.05) is 18.9 Å². The molecule has 0 unspecified atom stereocenters. The molecule has 1 aliphatic rings. The molecule has 1 aromatic heterocycles. The minimum atomic E-state index is -2.75. The second-order valence-electron chi connectivity index (χ2n) is 6.02. The van der Waals surface area contributed by atoms with Crippen LogP contribution in [0.4, 0.5) is 14.5 Å². The molecule has 2 N–H and O–H groups in total. The smallest absolute Gasteiger partial charge is 0.260 e. The van der Waals surface area contributed by atoms with Crippen molar-refractivity contribution in [3.63, 3.8) is 0 Å². The van der Waals surface area contributed by atoms with Gasteiger partial charge in [0.25, 0.3) is 6.43 Å². The van der Waals surface area contributed by atoms with E-state index in [2.05, 4.69) is 16.5 Å². The van der Waals surface area contributed by atoms with E-state index in [1.807, 2.05) is 0 Å². The van der Waals surface area contributed by atoms with Gasteiger partial charge in [-0.15, -0.1) is 0 Å². The van der Waals surface area contributed by atoms with Gasteiger partial charge >= 0.3 is 0 Å². The molecule has 6 nitrogen and oxygen atoms in total. The van der Waals surface area contributed by atoms with Crippen LogP contribution in [0.1, 0.15) is 11.6 Å². The summed E-state index contributed by atoms with van der Waals surface area (Å²) in [6.07, 6.45) is 1.16. The Balaban J connectivity index is 2.04. The lowest BCUT2D eigenvalue weighted by Crippen LogP contribution is -2.53. The molecule has 1 aliphatic heterocycles. The first-order chi connectivity index (χ1) is 12.9. The number of anilines is 1. The number of aromatic nitrogens is 2. The summed E-state index contributed by atoms with van der Waals surface area (Å²) in [6, 6.07) is 2.83. The van der Waals surface area contributed by atoms with Crippen LogP contribution in [0.5, 0.6) is 0 Å². The highest BCUT2D eigenvalue weighted by molar-refractivity contribution is 6.31. The second-order valence-corrected chi connectivity index (χ2v) is 6.45. The van der Waals surface area contributed by atoms with Crippen LogP contribution < -0.4 is 5.73 Å². The van der Waals surface area contributed by atoms with E-state index < -0.39 is 24.4 Å². The van der Waals surface area contributed by atoms with Gasteiger partial charge in [0, 0.05) is 10.6 Å². The van der Waals surface area contributed by atoms with Crippen LogP contribution in [0, 0.1) is 0 Å². The van der Waals surface area contributed by atoms with Crippen molar-refractivity contribution < 1.29 is 18.3 Å². The van der Waals surface area contributed by atoms with Crippen LogP contribution in [-0.2, 0) is 9.53 Å². The van der Waals surface area contributed by atoms with Crippen molar-refractivity contribution in [1.82, 2.24) is 14.9 Å². The Bertz CT molecular complexity index is 848. The summed E-state index contributed by atoms with van der Waals surface area (Å²) in [5.41, 5.74) is 7.12. The Hall–Kier alpha value is -2.58. The molecule has 27 heavy (non-hydrogen) atoms. The molecule has 1 aromatic carbocycles. The largest absolute Gasteiger partial charge is 0.396 e. The molecule has 1 fully saturated rings. The molecule has 0 aliphatic carbocycles. The molecule has 0 spiro atoms. The number of benzene rings is 1. The van der Waals surface area contributed by atoms with Crippen LogP contribution in [0.3, 0.4) is 0 Å². The fourth-order valence-corrected chi connectivity index (χ4v) is 3.23. The first-order valence-electron chi connectivity index (χ1n) is 8.09. The zero-order valence-corrected chi connectivity index (χ0v) is 14.9. The number of halogens is 3. The molecule has 1 saturated heterocycles. The van der Waals surface area contributed by atoms with E-state index >= 15 is 0 Å². The molecule has 2 atom stereocenters. The fourth-order valence-electron chi connectivity index (χ4n) is 2.99. The number of hydrogen-bond donors (Lipinski definition) is 1. The summed E-state index contributed by atoms with van der Waals surface area (Å²) < 4.78 is 32.2. The molecular formula is C18H17ClF2N4O2. The quantitative estimate of drug-likeness (QED) is 0.806. The van der Waals surface area contributed by atoms with E-state index in [0.29, 0.717) is 27.7 Å². The average molecular weight is 395 g/mol. The fraction of sp³-hybridized carbons (Fsp3) is 0.278. The van der Waals surface area contributed by atoms with E-state index in [1.54, 1.807) is 18.2 Å². The normalized spacial score (nSPS) is 19.9. The molecule has 3 rings (SSSR count). The maximum Gasteiger partial charge on any atom is 0.260 e. The van der Waals surface area contributed by atoms with E-state index in [4.69, 9.17) is 22.1 Å². The Morgan fingerprint density at radius 1 is 1.33 bits per heavy atom. The lowest BCUT2D eigenvalue weighted by atomic mass is 9.99. The maximum atomic E-state index is 13.5. The van der Waals surface area contributed by atoms with Gasteiger partial charge in [0.2, 0.25) is 5.91 Å². The second kappa shape index (κ2) is 7.98. The third kappa shape index (κ3) is 4.06. The van der Waals surface area contributed by atoms with Crippen LogP contribution >= 0.6 is 11.6 Å².